The molecule has 2 amide bonds. The average molecular weight is 551 g/mol. The number of carbonyl (C=O) groups excluding carboxylic acids is 3. The molecule has 212 valence electrons. The number of ketones is 1. The van der Waals surface area contributed by atoms with Crippen LogP contribution in [-0.4, -0.2) is 92.7 Å². The fourth-order valence-corrected chi connectivity index (χ4v) is 4.92. The number of benzene rings is 2. The van der Waals surface area contributed by atoms with Gasteiger partial charge in [0.2, 0.25) is 0 Å². The number of hydrogen-bond donors (Lipinski definition) is 4. The highest BCUT2D eigenvalue weighted by atomic mass is 16.6. The normalized spacial score (nSPS) is 16.6. The standard InChI is InChI=1S/C29H34N4O7/c1-18-17-32(27(37)19-8-5-4-6-9-19)12-13-33(18)28(38)26(36)22-16-31-25-21(22)10-7-11-23(25)30-15-20(14-24(34)35)40-29(2,3)39/h4-11,16,18,20,30-31,39H,12-15,17H2,1-3H3,(H,34,35). The lowest BCUT2D eigenvalue weighted by Crippen LogP contribution is -2.56. The summed E-state index contributed by atoms with van der Waals surface area (Å²) >= 11 is 0. The molecule has 1 aromatic heterocycles. The lowest BCUT2D eigenvalue weighted by Gasteiger charge is -2.39. The molecule has 2 unspecified atom stereocenters. The number of amides is 2. The van der Waals surface area contributed by atoms with Crippen LogP contribution in [0.15, 0.2) is 54.7 Å². The summed E-state index contributed by atoms with van der Waals surface area (Å²) < 4.78 is 5.46. The Balaban J connectivity index is 1.45. The molecule has 2 atom stereocenters. The second kappa shape index (κ2) is 11.9. The van der Waals surface area contributed by atoms with Gasteiger partial charge in [-0.3, -0.25) is 19.2 Å². The molecule has 0 bridgehead atoms. The van der Waals surface area contributed by atoms with Gasteiger partial charge in [0.05, 0.1) is 29.3 Å². The van der Waals surface area contributed by atoms with E-state index in [0.29, 0.717) is 35.2 Å². The van der Waals surface area contributed by atoms with Gasteiger partial charge >= 0.3 is 5.97 Å². The summed E-state index contributed by atoms with van der Waals surface area (Å²) in [5, 5.41) is 22.8. The molecular formula is C29H34N4O7. The van der Waals surface area contributed by atoms with Crippen LogP contribution < -0.4 is 5.32 Å². The van der Waals surface area contributed by atoms with Gasteiger partial charge in [-0.05, 0) is 39.0 Å². The van der Waals surface area contributed by atoms with Crippen molar-refractivity contribution in [2.75, 3.05) is 31.5 Å². The molecule has 11 nitrogen and oxygen atoms in total. The number of piperazine rings is 1. The van der Waals surface area contributed by atoms with Crippen LogP contribution in [0.4, 0.5) is 5.69 Å². The number of anilines is 1. The minimum absolute atomic E-state index is 0.0835. The molecule has 1 fully saturated rings. The van der Waals surface area contributed by atoms with Crippen LogP contribution in [0, 0.1) is 0 Å². The number of aromatic nitrogens is 1. The third kappa shape index (κ3) is 6.67. The molecule has 3 aromatic rings. The summed E-state index contributed by atoms with van der Waals surface area (Å²) in [4.78, 5) is 56.9. The van der Waals surface area contributed by atoms with Crippen LogP contribution >= 0.6 is 0 Å². The zero-order valence-corrected chi connectivity index (χ0v) is 22.7. The molecule has 4 N–H and O–H groups in total. The van der Waals surface area contributed by atoms with E-state index in [4.69, 9.17) is 4.74 Å². The number of aliphatic carboxylic acids is 1. The molecular weight excluding hydrogens is 516 g/mol. The second-order valence-corrected chi connectivity index (χ2v) is 10.4. The fraction of sp³-hybridized carbons (Fsp3) is 0.379. The number of nitrogens with one attached hydrogen (secondary N) is 2. The molecule has 0 spiro atoms. The number of carboxylic acid groups (broad SMARTS) is 1. The zero-order valence-electron chi connectivity index (χ0n) is 22.7. The molecule has 0 aliphatic carbocycles. The first-order valence-electron chi connectivity index (χ1n) is 13.1. The van der Waals surface area contributed by atoms with Crippen molar-refractivity contribution in [1.82, 2.24) is 14.8 Å². The van der Waals surface area contributed by atoms with E-state index in [2.05, 4.69) is 10.3 Å². The van der Waals surface area contributed by atoms with Gasteiger partial charge < -0.3 is 35.1 Å². The van der Waals surface area contributed by atoms with Gasteiger partial charge in [-0.1, -0.05) is 30.3 Å². The maximum absolute atomic E-state index is 13.3. The van der Waals surface area contributed by atoms with E-state index < -0.39 is 29.6 Å². The number of aromatic amines is 1. The molecule has 1 aliphatic heterocycles. The number of ether oxygens (including phenoxy) is 1. The number of rotatable bonds is 10. The van der Waals surface area contributed by atoms with Gasteiger partial charge in [0, 0.05) is 49.4 Å². The number of Topliss-reactive ketones (excluding diaryl/α,β-unsaturated/α-hetero) is 1. The second-order valence-electron chi connectivity index (χ2n) is 10.4. The van der Waals surface area contributed by atoms with Crippen LogP contribution in [0.5, 0.6) is 0 Å². The van der Waals surface area contributed by atoms with E-state index in [-0.39, 0.29) is 37.0 Å². The molecule has 2 heterocycles. The Morgan fingerprint density at radius 3 is 2.48 bits per heavy atom. The Kier molecular flexibility index (Phi) is 8.55. The van der Waals surface area contributed by atoms with Crippen LogP contribution in [0.3, 0.4) is 0 Å². The number of H-pyrrole nitrogens is 1. The summed E-state index contributed by atoms with van der Waals surface area (Å²) in [5.74, 6) is -4.00. The lowest BCUT2D eigenvalue weighted by atomic mass is 10.1. The van der Waals surface area contributed by atoms with Crippen molar-refractivity contribution >= 4 is 40.2 Å². The number of nitrogens with zero attached hydrogens (tertiary/aromatic N) is 2. The van der Waals surface area contributed by atoms with Crippen molar-refractivity contribution in [3.63, 3.8) is 0 Å². The number of aliphatic hydroxyl groups is 1. The lowest BCUT2D eigenvalue weighted by molar-refractivity contribution is -0.205. The quantitative estimate of drug-likeness (QED) is 0.171. The molecule has 0 radical (unpaired) electrons. The predicted molar refractivity (Wildman–Crippen MR) is 148 cm³/mol. The Morgan fingerprint density at radius 1 is 1.10 bits per heavy atom. The Morgan fingerprint density at radius 2 is 1.82 bits per heavy atom. The summed E-state index contributed by atoms with van der Waals surface area (Å²) in [6.45, 7) is 5.62. The van der Waals surface area contributed by atoms with Crippen molar-refractivity contribution in [1.29, 1.82) is 0 Å². The summed E-state index contributed by atoms with van der Waals surface area (Å²) in [6, 6.07) is 13.8. The van der Waals surface area contributed by atoms with Crippen molar-refractivity contribution in [2.24, 2.45) is 0 Å². The van der Waals surface area contributed by atoms with E-state index in [1.165, 1.54) is 24.9 Å². The first kappa shape index (κ1) is 28.8. The monoisotopic (exact) mass is 550 g/mol. The van der Waals surface area contributed by atoms with Crippen LogP contribution in [-0.2, 0) is 14.3 Å². The number of carboxylic acids is 1. The third-order valence-corrected chi connectivity index (χ3v) is 6.73. The van der Waals surface area contributed by atoms with Crippen molar-refractivity contribution in [2.45, 2.75) is 45.1 Å². The molecule has 4 rings (SSSR count). The number of carbonyl (C=O) groups is 4. The highest BCUT2D eigenvalue weighted by Crippen LogP contribution is 2.27. The summed E-state index contributed by atoms with van der Waals surface area (Å²) in [5.41, 5.74) is 1.95. The summed E-state index contributed by atoms with van der Waals surface area (Å²) in [7, 11) is 0. The first-order valence-corrected chi connectivity index (χ1v) is 13.1. The van der Waals surface area contributed by atoms with Gasteiger partial charge in [0.25, 0.3) is 17.6 Å². The molecule has 40 heavy (non-hydrogen) atoms. The van der Waals surface area contributed by atoms with E-state index in [0.717, 1.165) is 0 Å². The van der Waals surface area contributed by atoms with E-state index in [1.54, 1.807) is 47.4 Å². The maximum Gasteiger partial charge on any atom is 0.306 e. The van der Waals surface area contributed by atoms with Gasteiger partial charge in [-0.2, -0.15) is 0 Å². The summed E-state index contributed by atoms with van der Waals surface area (Å²) in [6.07, 6.45) is 0.343. The van der Waals surface area contributed by atoms with E-state index >= 15 is 0 Å². The largest absolute Gasteiger partial charge is 0.481 e. The van der Waals surface area contributed by atoms with Crippen molar-refractivity contribution in [3.05, 3.63) is 65.9 Å². The van der Waals surface area contributed by atoms with Gasteiger partial charge in [-0.25, -0.2) is 0 Å². The third-order valence-electron chi connectivity index (χ3n) is 6.73. The molecule has 1 saturated heterocycles. The highest BCUT2D eigenvalue weighted by molar-refractivity contribution is 6.45. The Bertz CT molecular complexity index is 1400. The van der Waals surface area contributed by atoms with Crippen LogP contribution in [0.1, 0.15) is 47.9 Å². The number of fused-ring (bicyclic) bond motifs is 1. The van der Waals surface area contributed by atoms with Crippen molar-refractivity contribution in [3.8, 4) is 0 Å². The van der Waals surface area contributed by atoms with Crippen LogP contribution in [0.25, 0.3) is 10.9 Å². The molecule has 2 aromatic carbocycles. The van der Waals surface area contributed by atoms with Gasteiger partial charge in [-0.15, -0.1) is 0 Å². The van der Waals surface area contributed by atoms with Crippen molar-refractivity contribution < 1.29 is 34.1 Å². The number of hydrogen-bond acceptors (Lipinski definition) is 7. The van der Waals surface area contributed by atoms with E-state index in [1.807, 2.05) is 13.0 Å². The topological polar surface area (TPSA) is 152 Å². The smallest absolute Gasteiger partial charge is 0.306 e. The molecule has 0 saturated carbocycles. The highest BCUT2D eigenvalue weighted by Gasteiger charge is 2.34. The zero-order chi connectivity index (χ0) is 29.0. The first-order chi connectivity index (χ1) is 18.9. The minimum Gasteiger partial charge on any atom is -0.481 e. The van der Waals surface area contributed by atoms with Gasteiger partial charge in [0.15, 0.2) is 5.79 Å². The average Bonchev–Trinajstić information content (AvgIpc) is 3.34. The minimum atomic E-state index is -1.52. The SMILES string of the molecule is CC1CN(C(=O)c2ccccc2)CCN1C(=O)C(=O)c1c[nH]c2c(NCC(CC(=O)O)OC(C)(C)O)cccc12. The van der Waals surface area contributed by atoms with Gasteiger partial charge in [0.1, 0.15) is 0 Å². The molecule has 11 heteroatoms. The predicted octanol–water partition coefficient (Wildman–Crippen LogP) is 2.72. The fourth-order valence-electron chi connectivity index (χ4n) is 4.92. The maximum atomic E-state index is 13.3. The Hall–Kier alpha value is -4.22. The molecule has 1 aliphatic rings. The van der Waals surface area contributed by atoms with Crippen LogP contribution in [0.2, 0.25) is 0 Å². The number of para-hydroxylation sites is 1. The Labute approximate surface area is 231 Å². The van der Waals surface area contributed by atoms with E-state index in [9.17, 15) is 29.4 Å².